The molecule has 1 heterocycles. The van der Waals surface area contributed by atoms with Crippen molar-refractivity contribution in [3.8, 4) is 0 Å². The third kappa shape index (κ3) is 4.12. The summed E-state index contributed by atoms with van der Waals surface area (Å²) in [5.41, 5.74) is 3.55. The summed E-state index contributed by atoms with van der Waals surface area (Å²) in [6.07, 6.45) is 2.11. The second-order valence-electron chi connectivity index (χ2n) is 6.35. The van der Waals surface area contributed by atoms with Gasteiger partial charge in [-0.3, -0.25) is 0 Å². The molecule has 0 spiro atoms. The lowest BCUT2D eigenvalue weighted by Gasteiger charge is -2.21. The van der Waals surface area contributed by atoms with Crippen LogP contribution in [0.15, 0.2) is 54.6 Å². The van der Waals surface area contributed by atoms with Crippen LogP contribution in [0.3, 0.4) is 0 Å². The fourth-order valence-electron chi connectivity index (χ4n) is 3.17. The molecule has 2 aromatic carbocycles. The predicted octanol–water partition coefficient (Wildman–Crippen LogP) is 3.67. The van der Waals surface area contributed by atoms with Crippen LogP contribution in [0.2, 0.25) is 0 Å². The molecule has 0 amide bonds. The molecule has 0 radical (unpaired) electrons. The fraction of sp³-hybridized carbons (Fsp3) is 0.400. The van der Waals surface area contributed by atoms with Crippen LogP contribution in [-0.4, -0.2) is 24.7 Å². The largest absolute Gasteiger partial charge is 0.387 e. The van der Waals surface area contributed by atoms with Gasteiger partial charge in [0.25, 0.3) is 0 Å². The lowest BCUT2D eigenvalue weighted by Crippen LogP contribution is -2.25. The van der Waals surface area contributed by atoms with Crippen molar-refractivity contribution in [2.24, 2.45) is 0 Å². The van der Waals surface area contributed by atoms with Crippen molar-refractivity contribution >= 4 is 5.69 Å². The van der Waals surface area contributed by atoms with E-state index in [0.717, 1.165) is 18.7 Å². The highest BCUT2D eigenvalue weighted by Gasteiger charge is 2.14. The first-order valence-electron chi connectivity index (χ1n) is 8.55. The van der Waals surface area contributed by atoms with E-state index in [4.69, 9.17) is 0 Å². The number of nitrogens with one attached hydrogen (secondary N) is 1. The van der Waals surface area contributed by atoms with Gasteiger partial charge in [0.2, 0.25) is 0 Å². The van der Waals surface area contributed by atoms with Crippen LogP contribution >= 0.6 is 0 Å². The highest BCUT2D eigenvalue weighted by Crippen LogP contribution is 2.24. The normalized spacial score (nSPS) is 17.2. The topological polar surface area (TPSA) is 35.5 Å². The lowest BCUT2D eigenvalue weighted by atomic mass is 10.1. The Hall–Kier alpha value is -1.84. The number of benzene rings is 2. The van der Waals surface area contributed by atoms with Crippen LogP contribution in [-0.2, 0) is 0 Å². The number of hydrogen-bond donors (Lipinski definition) is 2. The maximum absolute atomic E-state index is 10.3. The van der Waals surface area contributed by atoms with E-state index in [1.54, 1.807) is 0 Å². The maximum Gasteiger partial charge on any atom is 0.0914 e. The molecule has 2 unspecified atom stereocenters. The van der Waals surface area contributed by atoms with Crippen LogP contribution < -0.4 is 10.2 Å². The molecule has 3 nitrogen and oxygen atoms in total. The second kappa shape index (κ2) is 7.62. The Morgan fingerprint density at radius 1 is 1.00 bits per heavy atom. The van der Waals surface area contributed by atoms with Crippen molar-refractivity contribution in [2.75, 3.05) is 24.5 Å². The van der Waals surface area contributed by atoms with Gasteiger partial charge in [0.05, 0.1) is 6.10 Å². The van der Waals surface area contributed by atoms with E-state index < -0.39 is 6.10 Å². The molecule has 122 valence electrons. The zero-order chi connectivity index (χ0) is 16.1. The molecule has 2 atom stereocenters. The maximum atomic E-state index is 10.3. The quantitative estimate of drug-likeness (QED) is 0.854. The molecule has 2 aromatic rings. The summed E-state index contributed by atoms with van der Waals surface area (Å²) in [6.45, 7) is 5.04. The van der Waals surface area contributed by atoms with Crippen LogP contribution in [0.1, 0.15) is 43.0 Å². The lowest BCUT2D eigenvalue weighted by molar-refractivity contribution is 0.171. The van der Waals surface area contributed by atoms with E-state index in [1.807, 2.05) is 30.3 Å². The molecule has 1 aliphatic rings. The van der Waals surface area contributed by atoms with Crippen LogP contribution in [0.25, 0.3) is 0 Å². The van der Waals surface area contributed by atoms with Crippen LogP contribution in [0.4, 0.5) is 5.69 Å². The number of anilines is 1. The molecule has 1 saturated heterocycles. The predicted molar refractivity (Wildman–Crippen MR) is 95.7 cm³/mol. The molecule has 0 aliphatic carbocycles. The van der Waals surface area contributed by atoms with Crippen LogP contribution in [0, 0.1) is 0 Å². The summed E-state index contributed by atoms with van der Waals surface area (Å²) in [5, 5.41) is 13.7. The van der Waals surface area contributed by atoms with Crippen molar-refractivity contribution in [3.05, 3.63) is 65.7 Å². The molecule has 0 saturated carbocycles. The van der Waals surface area contributed by atoms with E-state index in [0.29, 0.717) is 6.54 Å². The Bertz CT molecular complexity index is 608. The Labute approximate surface area is 139 Å². The van der Waals surface area contributed by atoms with Gasteiger partial charge in [-0.2, -0.15) is 0 Å². The number of aliphatic hydroxyl groups excluding tert-OH is 1. The first kappa shape index (κ1) is 16.0. The molecule has 0 aromatic heterocycles. The minimum Gasteiger partial charge on any atom is -0.387 e. The Kier molecular flexibility index (Phi) is 5.31. The summed E-state index contributed by atoms with van der Waals surface area (Å²) < 4.78 is 0. The summed E-state index contributed by atoms with van der Waals surface area (Å²) in [4.78, 5) is 2.45. The number of rotatable bonds is 6. The molecule has 23 heavy (non-hydrogen) atoms. The molecule has 1 fully saturated rings. The van der Waals surface area contributed by atoms with Gasteiger partial charge in [-0.25, -0.2) is 0 Å². The summed E-state index contributed by atoms with van der Waals surface area (Å²) in [7, 11) is 0. The highest BCUT2D eigenvalue weighted by atomic mass is 16.3. The van der Waals surface area contributed by atoms with Crippen molar-refractivity contribution in [1.82, 2.24) is 5.32 Å². The Morgan fingerprint density at radius 2 is 1.70 bits per heavy atom. The van der Waals surface area contributed by atoms with Gasteiger partial charge < -0.3 is 15.3 Å². The van der Waals surface area contributed by atoms with Crippen molar-refractivity contribution < 1.29 is 5.11 Å². The van der Waals surface area contributed by atoms with Gasteiger partial charge in [0, 0.05) is 31.4 Å². The molecule has 2 N–H and O–H groups in total. The van der Waals surface area contributed by atoms with Gasteiger partial charge >= 0.3 is 0 Å². The minimum absolute atomic E-state index is 0.218. The van der Waals surface area contributed by atoms with E-state index in [9.17, 15) is 5.11 Å². The molecular weight excluding hydrogens is 284 g/mol. The number of hydrogen-bond acceptors (Lipinski definition) is 3. The van der Waals surface area contributed by atoms with Crippen molar-refractivity contribution in [1.29, 1.82) is 0 Å². The van der Waals surface area contributed by atoms with E-state index >= 15 is 0 Å². The smallest absolute Gasteiger partial charge is 0.0914 e. The summed E-state index contributed by atoms with van der Waals surface area (Å²) >= 11 is 0. The molecule has 0 bridgehead atoms. The standard InChI is InChI=1S/C20H26N2O/c1-16(21-15-20(23)17-8-3-2-4-9-17)18-10-7-11-19(14-18)22-12-5-6-13-22/h2-4,7-11,14,16,20-21,23H,5-6,12-13,15H2,1H3. The Morgan fingerprint density at radius 3 is 2.43 bits per heavy atom. The Balaban J connectivity index is 1.59. The molecular formula is C20H26N2O. The zero-order valence-corrected chi connectivity index (χ0v) is 13.8. The van der Waals surface area contributed by atoms with Gasteiger partial charge in [0.1, 0.15) is 0 Å². The van der Waals surface area contributed by atoms with Gasteiger partial charge in [0.15, 0.2) is 0 Å². The number of aliphatic hydroxyl groups is 1. The summed E-state index contributed by atoms with van der Waals surface area (Å²) in [6, 6.07) is 18.8. The summed E-state index contributed by atoms with van der Waals surface area (Å²) in [5.74, 6) is 0. The minimum atomic E-state index is -0.472. The first-order chi connectivity index (χ1) is 11.2. The molecule has 3 heteroatoms. The van der Waals surface area contributed by atoms with Gasteiger partial charge in [-0.15, -0.1) is 0 Å². The van der Waals surface area contributed by atoms with Crippen molar-refractivity contribution in [2.45, 2.75) is 31.9 Å². The fourth-order valence-corrected chi connectivity index (χ4v) is 3.17. The average molecular weight is 310 g/mol. The van der Waals surface area contributed by atoms with Gasteiger partial charge in [-0.05, 0) is 43.0 Å². The SMILES string of the molecule is CC(NCC(O)c1ccccc1)c1cccc(N2CCCC2)c1. The number of nitrogens with zero attached hydrogens (tertiary/aromatic N) is 1. The third-order valence-electron chi connectivity index (χ3n) is 4.64. The second-order valence-corrected chi connectivity index (χ2v) is 6.35. The highest BCUT2D eigenvalue weighted by molar-refractivity contribution is 5.49. The average Bonchev–Trinajstić information content (AvgIpc) is 3.15. The van der Waals surface area contributed by atoms with Crippen molar-refractivity contribution in [3.63, 3.8) is 0 Å². The van der Waals surface area contributed by atoms with E-state index in [-0.39, 0.29) is 6.04 Å². The van der Waals surface area contributed by atoms with Gasteiger partial charge in [-0.1, -0.05) is 42.5 Å². The molecule has 1 aliphatic heterocycles. The van der Waals surface area contributed by atoms with Crippen LogP contribution in [0.5, 0.6) is 0 Å². The monoisotopic (exact) mass is 310 g/mol. The van der Waals surface area contributed by atoms with E-state index in [2.05, 4.69) is 41.4 Å². The van der Waals surface area contributed by atoms with E-state index in [1.165, 1.54) is 24.1 Å². The molecule has 3 rings (SSSR count). The zero-order valence-electron chi connectivity index (χ0n) is 13.8. The third-order valence-corrected chi connectivity index (χ3v) is 4.64. The first-order valence-corrected chi connectivity index (χ1v) is 8.55.